The summed E-state index contributed by atoms with van der Waals surface area (Å²) in [7, 11) is 0. The van der Waals surface area contributed by atoms with Crippen LogP contribution in [0.1, 0.15) is 30.3 Å². The lowest BCUT2D eigenvalue weighted by molar-refractivity contribution is 0.429. The normalized spacial score (nSPS) is 13.0. The van der Waals surface area contributed by atoms with Gasteiger partial charge < -0.3 is 8.98 Å². The molecule has 0 bridgehead atoms. The first kappa shape index (κ1) is 13.5. The van der Waals surface area contributed by atoms with Crippen molar-refractivity contribution in [1.29, 1.82) is 0 Å². The summed E-state index contributed by atoms with van der Waals surface area (Å²) < 4.78 is 7.80. The molecule has 0 N–H and O–H groups in total. The molecule has 20 heavy (non-hydrogen) atoms. The van der Waals surface area contributed by atoms with Gasteiger partial charge in [-0.3, -0.25) is 0 Å². The van der Waals surface area contributed by atoms with E-state index in [4.69, 9.17) is 27.6 Å². The number of rotatable bonds is 3. The van der Waals surface area contributed by atoms with Gasteiger partial charge in [-0.05, 0) is 38.1 Å². The zero-order valence-electron chi connectivity index (χ0n) is 11.2. The fraction of sp³-hybridized carbons (Fsp3) is 0.267. The van der Waals surface area contributed by atoms with E-state index in [1.807, 2.05) is 37.3 Å². The predicted octanol–water partition coefficient (Wildman–Crippen LogP) is 4.94. The number of hydrogen-bond donors (Lipinski definition) is 0. The van der Waals surface area contributed by atoms with Crippen molar-refractivity contribution in [2.75, 3.05) is 0 Å². The van der Waals surface area contributed by atoms with Crippen molar-refractivity contribution in [3.63, 3.8) is 0 Å². The summed E-state index contributed by atoms with van der Waals surface area (Å²) in [5.41, 5.74) is 1.75. The number of aryl methyl sites for hydroxylation is 1. The number of benzene rings is 1. The number of alkyl halides is 1. The highest BCUT2D eigenvalue weighted by atomic mass is 35.5. The molecule has 0 saturated carbocycles. The fourth-order valence-corrected chi connectivity index (χ4v) is 2.86. The first-order chi connectivity index (χ1) is 9.61. The minimum absolute atomic E-state index is 0.0147. The number of fused-ring (bicyclic) bond motifs is 1. The van der Waals surface area contributed by atoms with Crippen molar-refractivity contribution in [1.82, 2.24) is 9.55 Å². The van der Waals surface area contributed by atoms with Gasteiger partial charge in [0.05, 0.1) is 22.5 Å². The van der Waals surface area contributed by atoms with Gasteiger partial charge in [-0.25, -0.2) is 4.98 Å². The molecule has 0 fully saturated rings. The second-order valence-electron chi connectivity index (χ2n) is 4.76. The second kappa shape index (κ2) is 5.15. The van der Waals surface area contributed by atoms with E-state index in [1.165, 1.54) is 0 Å². The molecule has 0 spiro atoms. The SMILES string of the molecule is Cc1ccc(C(C)n2c(CCl)nc3c(Cl)cccc32)o1. The minimum Gasteiger partial charge on any atom is -0.464 e. The quantitative estimate of drug-likeness (QED) is 0.642. The molecule has 3 aromatic rings. The molecular formula is C15H14Cl2N2O. The maximum Gasteiger partial charge on any atom is 0.126 e. The summed E-state index contributed by atoms with van der Waals surface area (Å²) >= 11 is 12.2. The van der Waals surface area contributed by atoms with Crippen LogP contribution in [0.2, 0.25) is 5.02 Å². The second-order valence-corrected chi connectivity index (χ2v) is 5.44. The molecule has 0 amide bonds. The van der Waals surface area contributed by atoms with E-state index in [0.717, 1.165) is 28.4 Å². The van der Waals surface area contributed by atoms with E-state index in [9.17, 15) is 0 Å². The Morgan fingerprint density at radius 2 is 2.10 bits per heavy atom. The topological polar surface area (TPSA) is 31.0 Å². The van der Waals surface area contributed by atoms with Crippen molar-refractivity contribution in [2.24, 2.45) is 0 Å². The lowest BCUT2D eigenvalue weighted by Gasteiger charge is -2.14. The van der Waals surface area contributed by atoms with E-state index in [2.05, 4.69) is 16.5 Å². The van der Waals surface area contributed by atoms with Crippen LogP contribution in [0.3, 0.4) is 0 Å². The van der Waals surface area contributed by atoms with Gasteiger partial charge in [0.2, 0.25) is 0 Å². The first-order valence-corrected chi connectivity index (χ1v) is 7.30. The Hall–Kier alpha value is -1.45. The third-order valence-corrected chi connectivity index (χ3v) is 3.97. The van der Waals surface area contributed by atoms with Crippen LogP contribution in [0, 0.1) is 6.92 Å². The van der Waals surface area contributed by atoms with E-state index in [0.29, 0.717) is 10.9 Å². The van der Waals surface area contributed by atoms with Gasteiger partial charge in [0.25, 0.3) is 0 Å². The highest BCUT2D eigenvalue weighted by Gasteiger charge is 2.20. The van der Waals surface area contributed by atoms with Crippen LogP contribution >= 0.6 is 23.2 Å². The highest BCUT2D eigenvalue weighted by molar-refractivity contribution is 6.35. The number of imidazole rings is 1. The molecule has 1 atom stereocenters. The summed E-state index contributed by atoms with van der Waals surface area (Å²) in [5, 5.41) is 0.635. The lowest BCUT2D eigenvalue weighted by Crippen LogP contribution is -2.09. The average Bonchev–Trinajstić information content (AvgIpc) is 3.02. The monoisotopic (exact) mass is 308 g/mol. The number of aromatic nitrogens is 2. The van der Waals surface area contributed by atoms with Gasteiger partial charge >= 0.3 is 0 Å². The Kier molecular flexibility index (Phi) is 3.48. The standard InChI is InChI=1S/C15H14Cl2N2O/c1-9-6-7-13(20-9)10(2)19-12-5-3-4-11(17)15(12)18-14(19)8-16/h3-7,10H,8H2,1-2H3. The van der Waals surface area contributed by atoms with Crippen molar-refractivity contribution >= 4 is 34.2 Å². The maximum absolute atomic E-state index is 6.21. The van der Waals surface area contributed by atoms with E-state index < -0.39 is 0 Å². The van der Waals surface area contributed by atoms with E-state index in [1.54, 1.807) is 0 Å². The van der Waals surface area contributed by atoms with Crippen LogP contribution in [0.4, 0.5) is 0 Å². The van der Waals surface area contributed by atoms with Crippen molar-refractivity contribution in [3.8, 4) is 0 Å². The van der Waals surface area contributed by atoms with Crippen molar-refractivity contribution < 1.29 is 4.42 Å². The minimum atomic E-state index is 0.0147. The molecular weight excluding hydrogens is 295 g/mol. The highest BCUT2D eigenvalue weighted by Crippen LogP contribution is 2.30. The number of furan rings is 1. The van der Waals surface area contributed by atoms with Crippen molar-refractivity contribution in [2.45, 2.75) is 25.8 Å². The third-order valence-electron chi connectivity index (χ3n) is 3.42. The molecule has 1 aromatic carbocycles. The molecule has 104 valence electrons. The van der Waals surface area contributed by atoms with Gasteiger partial charge in [-0.2, -0.15) is 0 Å². The smallest absolute Gasteiger partial charge is 0.126 e. The van der Waals surface area contributed by atoms with Crippen molar-refractivity contribution in [3.05, 3.63) is 52.7 Å². The number of halogens is 2. The lowest BCUT2D eigenvalue weighted by atomic mass is 10.2. The Bertz CT molecular complexity index is 760. The van der Waals surface area contributed by atoms with Gasteiger partial charge in [0.1, 0.15) is 22.9 Å². The summed E-state index contributed by atoms with van der Waals surface area (Å²) in [6.07, 6.45) is 0. The zero-order valence-corrected chi connectivity index (χ0v) is 12.7. The average molecular weight is 309 g/mol. The molecule has 3 nitrogen and oxygen atoms in total. The van der Waals surface area contributed by atoms with Crippen LogP contribution < -0.4 is 0 Å². The predicted molar refractivity (Wildman–Crippen MR) is 81.6 cm³/mol. The summed E-state index contributed by atoms with van der Waals surface area (Å²) in [4.78, 5) is 4.54. The molecule has 0 aliphatic carbocycles. The molecule has 5 heteroatoms. The maximum atomic E-state index is 6.21. The number of nitrogens with zero attached hydrogens (tertiary/aromatic N) is 2. The largest absolute Gasteiger partial charge is 0.464 e. The van der Waals surface area contributed by atoms with Crippen LogP contribution in [0.5, 0.6) is 0 Å². The molecule has 0 saturated heterocycles. The fourth-order valence-electron chi connectivity index (χ4n) is 2.46. The van der Waals surface area contributed by atoms with E-state index >= 15 is 0 Å². The van der Waals surface area contributed by atoms with Gasteiger partial charge in [-0.1, -0.05) is 17.7 Å². The summed E-state index contributed by atoms with van der Waals surface area (Å²) in [5.74, 6) is 2.89. The summed E-state index contributed by atoms with van der Waals surface area (Å²) in [6.45, 7) is 4.00. The Balaban J connectivity index is 2.21. The third kappa shape index (κ3) is 2.11. The molecule has 0 aliphatic heterocycles. The van der Waals surface area contributed by atoms with Crippen LogP contribution in [0.25, 0.3) is 11.0 Å². The molecule has 2 heterocycles. The van der Waals surface area contributed by atoms with Gasteiger partial charge in [-0.15, -0.1) is 11.6 Å². The van der Waals surface area contributed by atoms with Crippen LogP contribution in [0.15, 0.2) is 34.7 Å². The molecule has 0 radical (unpaired) electrons. The number of hydrogen-bond acceptors (Lipinski definition) is 2. The Labute approximate surface area is 127 Å². The molecule has 0 aliphatic rings. The molecule has 3 rings (SSSR count). The molecule has 1 unspecified atom stereocenters. The van der Waals surface area contributed by atoms with Crippen LogP contribution in [-0.2, 0) is 5.88 Å². The zero-order chi connectivity index (χ0) is 14.3. The Morgan fingerprint density at radius 1 is 1.30 bits per heavy atom. The molecule has 2 aromatic heterocycles. The Morgan fingerprint density at radius 3 is 2.75 bits per heavy atom. The van der Waals surface area contributed by atoms with Gasteiger partial charge in [0.15, 0.2) is 0 Å². The first-order valence-electron chi connectivity index (χ1n) is 6.39. The van der Waals surface area contributed by atoms with Crippen LogP contribution in [-0.4, -0.2) is 9.55 Å². The number of para-hydroxylation sites is 1. The van der Waals surface area contributed by atoms with Gasteiger partial charge in [0, 0.05) is 0 Å². The van der Waals surface area contributed by atoms with E-state index in [-0.39, 0.29) is 6.04 Å². The summed E-state index contributed by atoms with van der Waals surface area (Å²) in [6, 6.07) is 9.70.